The number of fused-ring (bicyclic) bond motifs is 2. The third kappa shape index (κ3) is 5.24. The maximum atomic E-state index is 2.43. The molecule has 0 aromatic rings. The Labute approximate surface area is 195 Å². The first-order valence-corrected chi connectivity index (χ1v) is 15.2. The van der Waals surface area contributed by atoms with E-state index in [0.29, 0.717) is 0 Å². The lowest BCUT2D eigenvalue weighted by Crippen LogP contribution is -2.36. The van der Waals surface area contributed by atoms with Gasteiger partial charge in [0.05, 0.1) is 0 Å². The first kappa shape index (κ1) is 22.8. The van der Waals surface area contributed by atoms with E-state index in [-0.39, 0.29) is 0 Å². The fourth-order valence-electron chi connectivity index (χ4n) is 10.0. The predicted octanol–water partition coefficient (Wildman–Crippen LogP) is 9.67. The van der Waals surface area contributed by atoms with Crippen molar-refractivity contribution in [1.29, 1.82) is 0 Å². The highest BCUT2D eigenvalue weighted by molar-refractivity contribution is 4.92. The van der Waals surface area contributed by atoms with Crippen molar-refractivity contribution in [3.8, 4) is 0 Å². The highest BCUT2D eigenvalue weighted by atomic mass is 14.5. The molecule has 0 heterocycles. The fourth-order valence-corrected chi connectivity index (χ4v) is 10.0. The van der Waals surface area contributed by atoms with E-state index in [0.717, 1.165) is 59.2 Å². The molecule has 5 aliphatic rings. The van der Waals surface area contributed by atoms with E-state index >= 15 is 0 Å². The SMILES string of the molecule is CCCC1CCC2CC(C3CCC(C4CCC5CC(CC)CCC5C4)CC3)CCC2C1. The van der Waals surface area contributed by atoms with Crippen LogP contribution in [0.15, 0.2) is 0 Å². The van der Waals surface area contributed by atoms with Crippen molar-refractivity contribution in [3.05, 3.63) is 0 Å². The molecule has 178 valence electrons. The molecule has 0 saturated heterocycles. The van der Waals surface area contributed by atoms with Gasteiger partial charge in [-0.15, -0.1) is 0 Å². The Morgan fingerprint density at radius 1 is 0.387 bits per heavy atom. The molecule has 0 aromatic carbocycles. The number of rotatable bonds is 5. The Kier molecular flexibility index (Phi) is 7.72. The monoisotopic (exact) mass is 426 g/mol. The maximum absolute atomic E-state index is 2.43. The van der Waals surface area contributed by atoms with E-state index in [1.54, 1.807) is 103 Å². The Hall–Kier alpha value is 0. The van der Waals surface area contributed by atoms with Gasteiger partial charge < -0.3 is 0 Å². The van der Waals surface area contributed by atoms with Crippen molar-refractivity contribution in [3.63, 3.8) is 0 Å². The minimum Gasteiger partial charge on any atom is -0.0654 e. The van der Waals surface area contributed by atoms with E-state index in [1.165, 1.54) is 19.3 Å². The zero-order valence-electron chi connectivity index (χ0n) is 21.2. The minimum absolute atomic E-state index is 1.07. The quantitative estimate of drug-likeness (QED) is 0.410. The molecule has 5 fully saturated rings. The molecule has 5 aliphatic carbocycles. The molecule has 0 N–H and O–H groups in total. The molecular formula is C31H54. The minimum atomic E-state index is 1.07. The molecule has 0 amide bonds. The maximum Gasteiger partial charge on any atom is -0.0383 e. The van der Waals surface area contributed by atoms with Gasteiger partial charge in [0.25, 0.3) is 0 Å². The normalized spacial score (nSPS) is 48.6. The zero-order valence-corrected chi connectivity index (χ0v) is 21.2. The molecular weight excluding hydrogens is 372 g/mol. The molecule has 8 unspecified atom stereocenters. The predicted molar refractivity (Wildman–Crippen MR) is 134 cm³/mol. The van der Waals surface area contributed by atoms with Crippen LogP contribution in [0.4, 0.5) is 0 Å². The summed E-state index contributed by atoms with van der Waals surface area (Å²) in [4.78, 5) is 0. The van der Waals surface area contributed by atoms with Crippen molar-refractivity contribution in [2.45, 2.75) is 136 Å². The van der Waals surface area contributed by atoms with Gasteiger partial charge in [0.15, 0.2) is 0 Å². The highest BCUT2D eigenvalue weighted by Crippen LogP contribution is 2.52. The van der Waals surface area contributed by atoms with Crippen LogP contribution in [0.3, 0.4) is 0 Å². The van der Waals surface area contributed by atoms with Gasteiger partial charge in [0.1, 0.15) is 0 Å². The molecule has 0 radical (unpaired) electrons. The summed E-state index contributed by atoms with van der Waals surface area (Å²) in [5.41, 5.74) is 0. The second kappa shape index (κ2) is 10.5. The summed E-state index contributed by atoms with van der Waals surface area (Å²) in [7, 11) is 0. The topological polar surface area (TPSA) is 0 Å². The molecule has 5 saturated carbocycles. The summed E-state index contributed by atoms with van der Waals surface area (Å²) >= 11 is 0. The number of hydrogen-bond acceptors (Lipinski definition) is 0. The van der Waals surface area contributed by atoms with Crippen LogP contribution >= 0.6 is 0 Å². The first-order valence-electron chi connectivity index (χ1n) is 15.2. The molecule has 8 atom stereocenters. The Balaban J connectivity index is 1.06. The van der Waals surface area contributed by atoms with Gasteiger partial charge in [0, 0.05) is 0 Å². The van der Waals surface area contributed by atoms with E-state index < -0.39 is 0 Å². The Morgan fingerprint density at radius 2 is 0.742 bits per heavy atom. The van der Waals surface area contributed by atoms with Crippen LogP contribution in [0.5, 0.6) is 0 Å². The highest BCUT2D eigenvalue weighted by Gasteiger charge is 2.41. The van der Waals surface area contributed by atoms with Crippen LogP contribution < -0.4 is 0 Å². The molecule has 0 nitrogen and oxygen atoms in total. The summed E-state index contributed by atoms with van der Waals surface area (Å²) in [6.45, 7) is 4.82. The second-order valence-electron chi connectivity index (χ2n) is 13.4. The first-order chi connectivity index (χ1) is 15.2. The van der Waals surface area contributed by atoms with E-state index in [4.69, 9.17) is 0 Å². The lowest BCUT2D eigenvalue weighted by atomic mass is 9.58. The molecule has 0 aromatic heterocycles. The molecule has 0 spiro atoms. The summed E-state index contributed by atoms with van der Waals surface area (Å²) in [6.07, 6.45) is 29.9. The summed E-state index contributed by atoms with van der Waals surface area (Å²) in [6, 6.07) is 0. The second-order valence-corrected chi connectivity index (χ2v) is 13.4. The van der Waals surface area contributed by atoms with Gasteiger partial charge in [0.2, 0.25) is 0 Å². The summed E-state index contributed by atoms with van der Waals surface area (Å²) in [5.74, 6) is 11.1. The van der Waals surface area contributed by atoms with E-state index in [2.05, 4.69) is 13.8 Å². The standard InChI is InChI=1S/C31H54/c1-3-5-23-7-9-31-21-29(17-15-27(31)19-23)25-12-10-24(11-13-25)28-16-14-26-18-22(4-2)6-8-30(26)20-28/h22-31H,3-21H2,1-2H3. The van der Waals surface area contributed by atoms with Gasteiger partial charge in [-0.3, -0.25) is 0 Å². The molecule has 0 aliphatic heterocycles. The van der Waals surface area contributed by atoms with Gasteiger partial charge in [-0.2, -0.15) is 0 Å². The zero-order chi connectivity index (χ0) is 21.2. The third-order valence-electron chi connectivity index (χ3n) is 11.9. The van der Waals surface area contributed by atoms with Crippen LogP contribution in [-0.2, 0) is 0 Å². The van der Waals surface area contributed by atoms with E-state index in [1.807, 2.05) is 0 Å². The smallest absolute Gasteiger partial charge is 0.0383 e. The van der Waals surface area contributed by atoms with Gasteiger partial charge in [-0.05, 0) is 149 Å². The van der Waals surface area contributed by atoms with Crippen LogP contribution in [-0.4, -0.2) is 0 Å². The van der Waals surface area contributed by atoms with Crippen LogP contribution in [0.2, 0.25) is 0 Å². The lowest BCUT2D eigenvalue weighted by molar-refractivity contribution is 0.0352. The molecule has 5 rings (SSSR count). The Bertz CT molecular complexity index is 542. The third-order valence-corrected chi connectivity index (χ3v) is 11.9. The van der Waals surface area contributed by atoms with Crippen LogP contribution in [0.1, 0.15) is 136 Å². The summed E-state index contributed by atoms with van der Waals surface area (Å²) < 4.78 is 0. The van der Waals surface area contributed by atoms with Crippen LogP contribution in [0, 0.1) is 59.2 Å². The van der Waals surface area contributed by atoms with Crippen molar-refractivity contribution in [2.75, 3.05) is 0 Å². The van der Waals surface area contributed by atoms with Gasteiger partial charge >= 0.3 is 0 Å². The van der Waals surface area contributed by atoms with Gasteiger partial charge in [-0.25, -0.2) is 0 Å². The fraction of sp³-hybridized carbons (Fsp3) is 1.00. The Morgan fingerprint density at radius 3 is 1.23 bits per heavy atom. The van der Waals surface area contributed by atoms with Gasteiger partial charge in [-0.1, -0.05) is 46.0 Å². The van der Waals surface area contributed by atoms with Crippen molar-refractivity contribution in [2.24, 2.45) is 59.2 Å². The molecule has 0 heteroatoms. The molecule has 0 bridgehead atoms. The van der Waals surface area contributed by atoms with Crippen molar-refractivity contribution < 1.29 is 0 Å². The number of hydrogen-bond donors (Lipinski definition) is 0. The average Bonchev–Trinajstić information content (AvgIpc) is 2.83. The van der Waals surface area contributed by atoms with Crippen molar-refractivity contribution in [1.82, 2.24) is 0 Å². The van der Waals surface area contributed by atoms with E-state index in [9.17, 15) is 0 Å². The molecule has 31 heavy (non-hydrogen) atoms. The average molecular weight is 427 g/mol. The van der Waals surface area contributed by atoms with Crippen LogP contribution in [0.25, 0.3) is 0 Å². The summed E-state index contributed by atoms with van der Waals surface area (Å²) in [5, 5.41) is 0. The van der Waals surface area contributed by atoms with Crippen molar-refractivity contribution >= 4 is 0 Å². The largest absolute Gasteiger partial charge is 0.0654 e. The lowest BCUT2D eigenvalue weighted by Gasteiger charge is -2.47.